The molecule has 0 heterocycles. The van der Waals surface area contributed by atoms with E-state index in [1.807, 2.05) is 48.5 Å². The number of hydrogen-bond acceptors (Lipinski definition) is 4. The number of carbonyl (C=O) groups excluding carboxylic acids is 2. The number of ketones is 1. The number of Topliss-reactive ketones (excluding diaryl/α,β-unsaturated/α-hetero) is 1. The molecule has 2 atom stereocenters. The molecule has 198 valence electrons. The molecule has 0 spiro atoms. The van der Waals surface area contributed by atoms with E-state index in [0.29, 0.717) is 11.7 Å². The molecule has 1 saturated carbocycles. The second-order valence-electron chi connectivity index (χ2n) is 10.8. The van der Waals surface area contributed by atoms with Gasteiger partial charge in [0, 0.05) is 12.3 Å². The third-order valence-electron chi connectivity index (χ3n) is 6.36. The van der Waals surface area contributed by atoms with E-state index in [1.165, 1.54) is 38.3 Å². The highest BCUT2D eigenvalue weighted by Crippen LogP contribution is 2.53. The SMILES string of the molecule is CC(C)=O.COc1ccc(C2(c3ccc(OC(C)=O)cc3)CC(C)CC(C)(C)C2)cc1.c1ccccc1. The van der Waals surface area contributed by atoms with Crippen LogP contribution < -0.4 is 9.47 Å². The van der Waals surface area contributed by atoms with Crippen molar-refractivity contribution in [2.75, 3.05) is 7.11 Å². The van der Waals surface area contributed by atoms with Crippen LogP contribution in [-0.4, -0.2) is 18.9 Å². The molecular weight excluding hydrogens is 460 g/mol. The number of benzene rings is 3. The molecule has 4 rings (SSSR count). The first-order valence-electron chi connectivity index (χ1n) is 12.9. The Bertz CT molecular complexity index is 1070. The maximum absolute atomic E-state index is 11.2. The third-order valence-corrected chi connectivity index (χ3v) is 6.36. The Balaban J connectivity index is 0.000000403. The van der Waals surface area contributed by atoms with Gasteiger partial charge in [-0.25, -0.2) is 0 Å². The Morgan fingerprint density at radius 2 is 1.14 bits per heavy atom. The first-order chi connectivity index (χ1) is 17.5. The fourth-order valence-electron chi connectivity index (χ4n) is 5.48. The van der Waals surface area contributed by atoms with Gasteiger partial charge in [0.25, 0.3) is 0 Å². The smallest absolute Gasteiger partial charge is 0.308 e. The van der Waals surface area contributed by atoms with Crippen molar-refractivity contribution in [3.63, 3.8) is 0 Å². The van der Waals surface area contributed by atoms with Crippen molar-refractivity contribution in [3.05, 3.63) is 96.1 Å². The van der Waals surface area contributed by atoms with Crippen molar-refractivity contribution in [1.29, 1.82) is 0 Å². The molecular formula is C33H42O4. The molecule has 37 heavy (non-hydrogen) atoms. The Morgan fingerprint density at radius 3 is 1.49 bits per heavy atom. The van der Waals surface area contributed by atoms with E-state index in [0.717, 1.165) is 18.6 Å². The average molecular weight is 503 g/mol. The van der Waals surface area contributed by atoms with Gasteiger partial charge in [-0.1, -0.05) is 81.4 Å². The van der Waals surface area contributed by atoms with Gasteiger partial charge < -0.3 is 14.3 Å². The fraction of sp³-hybridized carbons (Fsp3) is 0.394. The third kappa shape index (κ3) is 9.53. The van der Waals surface area contributed by atoms with Crippen LogP contribution in [-0.2, 0) is 15.0 Å². The minimum absolute atomic E-state index is 0.0534. The molecule has 1 fully saturated rings. The van der Waals surface area contributed by atoms with Gasteiger partial charge in [-0.05, 0) is 79.8 Å². The summed E-state index contributed by atoms with van der Waals surface area (Å²) >= 11 is 0. The van der Waals surface area contributed by atoms with Gasteiger partial charge in [0.15, 0.2) is 0 Å². The number of methoxy groups -OCH3 is 1. The summed E-state index contributed by atoms with van der Waals surface area (Å²) in [4.78, 5) is 20.7. The van der Waals surface area contributed by atoms with Crippen LogP contribution in [0.1, 0.15) is 71.9 Å². The molecule has 0 bridgehead atoms. The molecule has 4 heteroatoms. The highest BCUT2D eigenvalue weighted by Gasteiger charge is 2.45. The zero-order valence-corrected chi connectivity index (χ0v) is 23.4. The van der Waals surface area contributed by atoms with Crippen LogP contribution in [0, 0.1) is 11.3 Å². The first-order valence-corrected chi connectivity index (χ1v) is 12.9. The second kappa shape index (κ2) is 13.8. The largest absolute Gasteiger partial charge is 0.497 e. The molecule has 0 aliphatic heterocycles. The Hall–Kier alpha value is -3.40. The number of ether oxygens (including phenoxy) is 2. The average Bonchev–Trinajstić information content (AvgIpc) is 2.84. The molecule has 0 aromatic heterocycles. The number of hydrogen-bond donors (Lipinski definition) is 0. The summed E-state index contributed by atoms with van der Waals surface area (Å²) in [6.07, 6.45) is 3.43. The summed E-state index contributed by atoms with van der Waals surface area (Å²) in [6.45, 7) is 11.6. The van der Waals surface area contributed by atoms with E-state index >= 15 is 0 Å². The molecule has 0 radical (unpaired) electrons. The standard InChI is InChI=1S/C24H30O3.C6H6.C3H6O/c1-17-14-23(3,4)16-24(15-17,19-6-10-21(26-5)11-7-19)20-8-12-22(13-9-20)27-18(2)25;1-2-4-6-5-3-1;1-3(2)4/h6-13,17H,14-16H2,1-5H3;1-6H;1-2H3. The lowest BCUT2D eigenvalue weighted by molar-refractivity contribution is -0.131. The van der Waals surface area contributed by atoms with E-state index < -0.39 is 0 Å². The lowest BCUT2D eigenvalue weighted by atomic mass is 9.55. The maximum Gasteiger partial charge on any atom is 0.308 e. The molecule has 3 aromatic rings. The summed E-state index contributed by atoms with van der Waals surface area (Å²) in [7, 11) is 1.70. The van der Waals surface area contributed by atoms with Crippen LogP contribution in [0.3, 0.4) is 0 Å². The van der Waals surface area contributed by atoms with Gasteiger partial charge in [-0.15, -0.1) is 0 Å². The van der Waals surface area contributed by atoms with Crippen molar-refractivity contribution in [2.24, 2.45) is 11.3 Å². The molecule has 3 aromatic carbocycles. The second-order valence-corrected chi connectivity index (χ2v) is 10.8. The van der Waals surface area contributed by atoms with Crippen molar-refractivity contribution in [3.8, 4) is 11.5 Å². The maximum atomic E-state index is 11.2. The fourth-order valence-corrected chi connectivity index (χ4v) is 5.48. The molecule has 4 nitrogen and oxygen atoms in total. The van der Waals surface area contributed by atoms with Crippen molar-refractivity contribution < 1.29 is 19.1 Å². The van der Waals surface area contributed by atoms with Crippen LogP contribution >= 0.6 is 0 Å². The minimum atomic E-state index is -0.292. The monoisotopic (exact) mass is 502 g/mol. The lowest BCUT2D eigenvalue weighted by Gasteiger charge is -2.48. The quantitative estimate of drug-likeness (QED) is 0.268. The topological polar surface area (TPSA) is 52.6 Å². The van der Waals surface area contributed by atoms with E-state index in [1.54, 1.807) is 7.11 Å². The van der Waals surface area contributed by atoms with Gasteiger partial charge in [-0.2, -0.15) is 0 Å². The highest BCUT2D eigenvalue weighted by molar-refractivity contribution is 5.72. The predicted octanol–water partition coefficient (Wildman–Crippen LogP) is 8.03. The zero-order valence-electron chi connectivity index (χ0n) is 23.4. The minimum Gasteiger partial charge on any atom is -0.497 e. The Labute approximate surface area is 223 Å². The molecule has 0 saturated heterocycles. The van der Waals surface area contributed by atoms with Crippen LogP contribution in [0.15, 0.2) is 84.9 Å². The van der Waals surface area contributed by atoms with Crippen LogP contribution in [0.5, 0.6) is 11.5 Å². The Morgan fingerprint density at radius 1 is 0.730 bits per heavy atom. The molecule has 1 aliphatic carbocycles. The van der Waals surface area contributed by atoms with Crippen LogP contribution in [0.4, 0.5) is 0 Å². The van der Waals surface area contributed by atoms with Crippen LogP contribution in [0.25, 0.3) is 0 Å². The number of rotatable bonds is 4. The van der Waals surface area contributed by atoms with Crippen molar-refractivity contribution >= 4 is 11.8 Å². The van der Waals surface area contributed by atoms with Gasteiger partial charge in [0.05, 0.1) is 7.11 Å². The van der Waals surface area contributed by atoms with E-state index in [9.17, 15) is 9.59 Å². The normalized spacial score (nSPS) is 19.7. The number of esters is 1. The van der Waals surface area contributed by atoms with Gasteiger partial charge in [-0.3, -0.25) is 4.79 Å². The van der Waals surface area contributed by atoms with Gasteiger partial charge >= 0.3 is 5.97 Å². The predicted molar refractivity (Wildman–Crippen MR) is 151 cm³/mol. The highest BCUT2D eigenvalue weighted by atomic mass is 16.5. The van der Waals surface area contributed by atoms with Crippen molar-refractivity contribution in [1.82, 2.24) is 0 Å². The van der Waals surface area contributed by atoms with E-state index in [2.05, 4.69) is 57.2 Å². The summed E-state index contributed by atoms with van der Waals surface area (Å²) in [6, 6.07) is 28.6. The van der Waals surface area contributed by atoms with E-state index in [-0.39, 0.29) is 22.6 Å². The molecule has 2 unspecified atom stereocenters. The summed E-state index contributed by atoms with van der Waals surface area (Å²) in [5.74, 6) is 1.98. The Kier molecular flexibility index (Phi) is 11.1. The molecule has 1 aliphatic rings. The summed E-state index contributed by atoms with van der Waals surface area (Å²) in [5, 5.41) is 0. The lowest BCUT2D eigenvalue weighted by Crippen LogP contribution is -2.41. The summed E-state index contributed by atoms with van der Waals surface area (Å²) in [5.41, 5.74) is 2.81. The number of carbonyl (C=O) groups is 2. The molecule has 0 N–H and O–H groups in total. The van der Waals surface area contributed by atoms with Crippen molar-refractivity contribution in [2.45, 2.75) is 66.2 Å². The van der Waals surface area contributed by atoms with Gasteiger partial charge in [0.1, 0.15) is 17.3 Å². The summed E-state index contributed by atoms with van der Waals surface area (Å²) < 4.78 is 10.6. The van der Waals surface area contributed by atoms with Crippen LogP contribution in [0.2, 0.25) is 0 Å². The molecule has 0 amide bonds. The first kappa shape index (κ1) is 29.8. The van der Waals surface area contributed by atoms with Gasteiger partial charge in [0.2, 0.25) is 0 Å². The van der Waals surface area contributed by atoms with E-state index in [4.69, 9.17) is 9.47 Å². The zero-order chi connectivity index (χ0) is 27.5.